The van der Waals surface area contributed by atoms with Gasteiger partial charge in [-0.15, -0.1) is 0 Å². The molecule has 0 bridgehead atoms. The zero-order chi connectivity index (χ0) is 14.8. The van der Waals surface area contributed by atoms with E-state index in [2.05, 4.69) is 11.1 Å². The van der Waals surface area contributed by atoms with Gasteiger partial charge in [0.15, 0.2) is 0 Å². The van der Waals surface area contributed by atoms with Crippen molar-refractivity contribution in [3.8, 4) is 17.3 Å². The van der Waals surface area contributed by atoms with Gasteiger partial charge in [0.25, 0.3) is 0 Å². The first-order chi connectivity index (χ1) is 10.2. The highest BCUT2D eigenvalue weighted by atomic mass is 15.1. The van der Waals surface area contributed by atoms with Crippen LogP contribution in [0.25, 0.3) is 11.3 Å². The molecule has 1 aliphatic rings. The number of rotatable bonds is 2. The lowest BCUT2D eigenvalue weighted by Crippen LogP contribution is -2.13. The van der Waals surface area contributed by atoms with E-state index in [0.717, 1.165) is 35.6 Å². The molecule has 0 aromatic carbocycles. The van der Waals surface area contributed by atoms with Crippen LogP contribution in [0.3, 0.4) is 0 Å². The lowest BCUT2D eigenvalue weighted by atomic mass is 9.93. The Hall–Kier alpha value is -2.41. The minimum atomic E-state index is 0.645. The van der Waals surface area contributed by atoms with Gasteiger partial charge in [-0.25, -0.2) is 4.98 Å². The quantitative estimate of drug-likeness (QED) is 0.847. The van der Waals surface area contributed by atoms with Crippen LogP contribution in [0.5, 0.6) is 0 Å². The molecule has 2 aromatic rings. The molecule has 2 aromatic heterocycles. The summed E-state index contributed by atoms with van der Waals surface area (Å²) in [5, 5.41) is 9.49. The minimum absolute atomic E-state index is 0.645. The van der Waals surface area contributed by atoms with Crippen LogP contribution in [0.1, 0.15) is 29.7 Å². The average molecular weight is 278 g/mol. The first-order valence-electron chi connectivity index (χ1n) is 7.26. The SMILES string of the molecule is CN(C)c1ncccc1-c1nc2c(cc1C#N)CCCC2. The fourth-order valence-electron chi connectivity index (χ4n) is 2.86. The third-order valence-electron chi connectivity index (χ3n) is 3.89. The second kappa shape index (κ2) is 5.53. The highest BCUT2D eigenvalue weighted by Gasteiger charge is 2.18. The van der Waals surface area contributed by atoms with Crippen molar-refractivity contribution < 1.29 is 0 Å². The number of nitriles is 1. The fraction of sp³-hybridized carbons (Fsp3) is 0.353. The molecule has 4 heteroatoms. The molecule has 0 unspecified atom stereocenters. The van der Waals surface area contributed by atoms with Crippen molar-refractivity contribution in [3.05, 3.63) is 41.2 Å². The lowest BCUT2D eigenvalue weighted by molar-refractivity contribution is 0.668. The summed E-state index contributed by atoms with van der Waals surface area (Å²) in [6.07, 6.45) is 6.17. The Morgan fingerprint density at radius 3 is 2.81 bits per heavy atom. The highest BCUT2D eigenvalue weighted by Crippen LogP contribution is 2.31. The molecule has 0 saturated heterocycles. The summed E-state index contributed by atoms with van der Waals surface area (Å²) in [6, 6.07) is 8.20. The van der Waals surface area contributed by atoms with E-state index in [-0.39, 0.29) is 0 Å². The Morgan fingerprint density at radius 2 is 2.05 bits per heavy atom. The van der Waals surface area contributed by atoms with Crippen molar-refractivity contribution >= 4 is 5.82 Å². The molecule has 0 saturated carbocycles. The number of fused-ring (bicyclic) bond motifs is 1. The zero-order valence-electron chi connectivity index (χ0n) is 12.4. The first-order valence-corrected chi connectivity index (χ1v) is 7.26. The van der Waals surface area contributed by atoms with E-state index in [1.54, 1.807) is 6.20 Å². The van der Waals surface area contributed by atoms with Gasteiger partial charge < -0.3 is 4.90 Å². The Balaban J connectivity index is 2.21. The maximum atomic E-state index is 9.49. The first kappa shape index (κ1) is 13.6. The predicted octanol–water partition coefficient (Wildman–Crippen LogP) is 2.96. The maximum absolute atomic E-state index is 9.49. The summed E-state index contributed by atoms with van der Waals surface area (Å²) in [6.45, 7) is 0. The normalized spacial score (nSPS) is 13.4. The van der Waals surface area contributed by atoms with Gasteiger partial charge in [-0.2, -0.15) is 5.26 Å². The molecule has 0 radical (unpaired) electrons. The molecule has 0 atom stereocenters. The van der Waals surface area contributed by atoms with Crippen LogP contribution in [0.4, 0.5) is 5.82 Å². The van der Waals surface area contributed by atoms with E-state index < -0.39 is 0 Å². The van der Waals surface area contributed by atoms with Crippen LogP contribution < -0.4 is 4.90 Å². The lowest BCUT2D eigenvalue weighted by Gasteiger charge is -2.19. The molecule has 21 heavy (non-hydrogen) atoms. The van der Waals surface area contributed by atoms with Gasteiger partial charge in [-0.05, 0) is 49.4 Å². The van der Waals surface area contributed by atoms with Gasteiger partial charge >= 0.3 is 0 Å². The van der Waals surface area contributed by atoms with Crippen molar-refractivity contribution in [2.75, 3.05) is 19.0 Å². The van der Waals surface area contributed by atoms with Crippen molar-refractivity contribution in [1.29, 1.82) is 5.26 Å². The third-order valence-corrected chi connectivity index (χ3v) is 3.89. The summed E-state index contributed by atoms with van der Waals surface area (Å²) in [5.41, 5.74) is 4.70. The van der Waals surface area contributed by atoms with Crippen LogP contribution in [0.2, 0.25) is 0 Å². The number of aryl methyl sites for hydroxylation is 2. The molecular weight excluding hydrogens is 260 g/mol. The second-order valence-corrected chi connectivity index (χ2v) is 5.58. The standard InChI is InChI=1S/C17H18N4/c1-21(2)17-14(7-5-9-19-17)16-13(11-18)10-12-6-3-4-8-15(12)20-16/h5,7,9-10H,3-4,6,8H2,1-2H3. The summed E-state index contributed by atoms with van der Waals surface area (Å²) < 4.78 is 0. The van der Waals surface area contributed by atoms with Crippen LogP contribution in [-0.2, 0) is 12.8 Å². The van der Waals surface area contributed by atoms with E-state index in [1.807, 2.05) is 37.2 Å². The highest BCUT2D eigenvalue weighted by molar-refractivity contribution is 5.77. The number of pyridine rings is 2. The molecule has 106 valence electrons. The van der Waals surface area contributed by atoms with E-state index in [9.17, 15) is 5.26 Å². The molecule has 4 nitrogen and oxygen atoms in total. The van der Waals surface area contributed by atoms with Crippen molar-refractivity contribution in [1.82, 2.24) is 9.97 Å². The zero-order valence-corrected chi connectivity index (χ0v) is 12.4. The number of hydrogen-bond acceptors (Lipinski definition) is 4. The van der Waals surface area contributed by atoms with Crippen molar-refractivity contribution in [3.63, 3.8) is 0 Å². The molecule has 0 spiro atoms. The number of hydrogen-bond donors (Lipinski definition) is 0. The number of nitrogens with zero attached hydrogens (tertiary/aromatic N) is 4. The van der Waals surface area contributed by atoms with E-state index in [4.69, 9.17) is 4.98 Å². The Morgan fingerprint density at radius 1 is 1.24 bits per heavy atom. The molecule has 3 rings (SSSR count). The largest absolute Gasteiger partial charge is 0.362 e. The summed E-state index contributed by atoms with van der Waals surface area (Å²) in [5.74, 6) is 0.845. The van der Waals surface area contributed by atoms with Crippen LogP contribution in [-0.4, -0.2) is 24.1 Å². The van der Waals surface area contributed by atoms with Crippen molar-refractivity contribution in [2.24, 2.45) is 0 Å². The molecule has 1 aliphatic carbocycles. The summed E-state index contributed by atoms with van der Waals surface area (Å²) >= 11 is 0. The second-order valence-electron chi connectivity index (χ2n) is 5.58. The van der Waals surface area contributed by atoms with Crippen LogP contribution in [0, 0.1) is 11.3 Å². The molecule has 2 heterocycles. The van der Waals surface area contributed by atoms with Gasteiger partial charge in [0.05, 0.1) is 11.3 Å². The Bertz CT molecular complexity index is 713. The van der Waals surface area contributed by atoms with E-state index >= 15 is 0 Å². The average Bonchev–Trinajstić information content (AvgIpc) is 2.53. The molecule has 0 N–H and O–H groups in total. The monoisotopic (exact) mass is 278 g/mol. The van der Waals surface area contributed by atoms with Gasteiger partial charge in [0.1, 0.15) is 11.9 Å². The van der Waals surface area contributed by atoms with Gasteiger partial charge in [-0.1, -0.05) is 0 Å². The van der Waals surface area contributed by atoms with Crippen molar-refractivity contribution in [2.45, 2.75) is 25.7 Å². The predicted molar refractivity (Wildman–Crippen MR) is 83.2 cm³/mol. The smallest absolute Gasteiger partial charge is 0.137 e. The summed E-state index contributed by atoms with van der Waals surface area (Å²) in [4.78, 5) is 11.2. The maximum Gasteiger partial charge on any atom is 0.137 e. The number of anilines is 1. The van der Waals surface area contributed by atoms with Crippen LogP contribution >= 0.6 is 0 Å². The minimum Gasteiger partial charge on any atom is -0.362 e. The Kier molecular flexibility index (Phi) is 3.57. The molecular formula is C17H18N4. The topological polar surface area (TPSA) is 52.8 Å². The van der Waals surface area contributed by atoms with Crippen LogP contribution in [0.15, 0.2) is 24.4 Å². The van der Waals surface area contributed by atoms with E-state index in [1.165, 1.54) is 18.4 Å². The third kappa shape index (κ3) is 2.47. The molecule has 0 amide bonds. The van der Waals surface area contributed by atoms with Gasteiger partial charge in [-0.3, -0.25) is 4.98 Å². The van der Waals surface area contributed by atoms with E-state index in [0.29, 0.717) is 5.56 Å². The molecule has 0 aliphatic heterocycles. The van der Waals surface area contributed by atoms with Gasteiger partial charge in [0, 0.05) is 31.5 Å². The molecule has 0 fully saturated rings. The summed E-state index contributed by atoms with van der Waals surface area (Å²) in [7, 11) is 3.91. The Labute approximate surface area is 125 Å². The van der Waals surface area contributed by atoms with Gasteiger partial charge in [0.2, 0.25) is 0 Å². The number of aromatic nitrogens is 2. The fourth-order valence-corrected chi connectivity index (χ4v) is 2.86.